The highest BCUT2D eigenvalue weighted by Gasteiger charge is 2.42. The molecule has 2 unspecified atom stereocenters. The SMILES string of the molecule is CCC#Cc1cn([C@@H]2O[C@H](C)C(O)C2O)c(=O)nc1NC(=O)OCCCCC. The van der Waals surface area contributed by atoms with Crippen molar-refractivity contribution in [3.8, 4) is 11.8 Å². The fourth-order valence-electron chi connectivity index (χ4n) is 2.73. The van der Waals surface area contributed by atoms with Gasteiger partial charge in [-0.15, -0.1) is 0 Å². The predicted octanol–water partition coefficient (Wildman–Crippen LogP) is 1.38. The summed E-state index contributed by atoms with van der Waals surface area (Å²) in [6.45, 7) is 5.76. The van der Waals surface area contributed by atoms with Crippen molar-refractivity contribution < 1.29 is 24.5 Å². The maximum Gasteiger partial charge on any atom is 0.412 e. The molecule has 28 heavy (non-hydrogen) atoms. The van der Waals surface area contributed by atoms with E-state index in [-0.39, 0.29) is 18.0 Å². The minimum atomic E-state index is -1.29. The largest absolute Gasteiger partial charge is 0.449 e. The third-order valence-corrected chi connectivity index (χ3v) is 4.30. The molecule has 1 saturated heterocycles. The number of hydrogen-bond acceptors (Lipinski definition) is 7. The molecule has 3 N–H and O–H groups in total. The van der Waals surface area contributed by atoms with Gasteiger partial charge in [0.25, 0.3) is 0 Å². The highest BCUT2D eigenvalue weighted by atomic mass is 16.6. The molecule has 2 heterocycles. The van der Waals surface area contributed by atoms with Crippen LogP contribution in [-0.4, -0.2) is 50.8 Å². The first-order valence-corrected chi connectivity index (χ1v) is 9.46. The zero-order chi connectivity index (χ0) is 20.7. The molecule has 9 nitrogen and oxygen atoms in total. The highest BCUT2D eigenvalue weighted by Crippen LogP contribution is 2.28. The Kier molecular flexibility index (Phi) is 7.99. The summed E-state index contributed by atoms with van der Waals surface area (Å²) >= 11 is 0. The van der Waals surface area contributed by atoms with Gasteiger partial charge >= 0.3 is 11.8 Å². The van der Waals surface area contributed by atoms with Crippen LogP contribution in [0.15, 0.2) is 11.0 Å². The zero-order valence-corrected chi connectivity index (χ0v) is 16.3. The third-order valence-electron chi connectivity index (χ3n) is 4.30. The first-order valence-electron chi connectivity index (χ1n) is 9.46. The lowest BCUT2D eigenvalue weighted by atomic mass is 10.1. The second kappa shape index (κ2) is 10.2. The molecule has 1 aliphatic heterocycles. The Balaban J connectivity index is 2.26. The van der Waals surface area contributed by atoms with E-state index in [9.17, 15) is 19.8 Å². The maximum absolute atomic E-state index is 12.4. The van der Waals surface area contributed by atoms with E-state index in [1.54, 1.807) is 6.92 Å². The molecule has 1 aromatic rings. The van der Waals surface area contributed by atoms with Gasteiger partial charge in [-0.1, -0.05) is 38.5 Å². The summed E-state index contributed by atoms with van der Waals surface area (Å²) < 4.78 is 11.6. The van der Waals surface area contributed by atoms with Crippen molar-refractivity contribution in [2.75, 3.05) is 11.9 Å². The first-order chi connectivity index (χ1) is 13.4. The van der Waals surface area contributed by atoms with Crippen molar-refractivity contribution in [1.82, 2.24) is 9.55 Å². The van der Waals surface area contributed by atoms with Crippen LogP contribution in [0.3, 0.4) is 0 Å². The van der Waals surface area contributed by atoms with Gasteiger partial charge in [-0.25, -0.2) is 9.59 Å². The normalized spacial score (nSPS) is 23.8. The monoisotopic (exact) mass is 393 g/mol. The molecule has 1 fully saturated rings. The number of amides is 1. The lowest BCUT2D eigenvalue weighted by Gasteiger charge is -2.18. The number of anilines is 1. The summed E-state index contributed by atoms with van der Waals surface area (Å²) in [5, 5.41) is 22.5. The average molecular weight is 393 g/mol. The van der Waals surface area contributed by atoms with Gasteiger partial charge in [0.1, 0.15) is 12.2 Å². The number of aliphatic hydroxyl groups excluding tert-OH is 2. The number of hydrogen-bond donors (Lipinski definition) is 3. The van der Waals surface area contributed by atoms with Gasteiger partial charge in [0.15, 0.2) is 12.0 Å². The van der Waals surface area contributed by atoms with E-state index < -0.39 is 36.3 Å². The summed E-state index contributed by atoms with van der Waals surface area (Å²) in [6.07, 6.45) is -0.272. The second-order valence-electron chi connectivity index (χ2n) is 6.53. The zero-order valence-electron chi connectivity index (χ0n) is 16.3. The van der Waals surface area contributed by atoms with E-state index >= 15 is 0 Å². The Morgan fingerprint density at radius 1 is 1.36 bits per heavy atom. The molecular formula is C19H27N3O6. The number of rotatable bonds is 6. The van der Waals surface area contributed by atoms with Gasteiger partial charge in [0, 0.05) is 12.6 Å². The Morgan fingerprint density at radius 2 is 2.11 bits per heavy atom. The average Bonchev–Trinajstić information content (AvgIpc) is 2.92. The lowest BCUT2D eigenvalue weighted by molar-refractivity contribution is -0.0350. The van der Waals surface area contributed by atoms with Crippen LogP contribution in [0.5, 0.6) is 0 Å². The van der Waals surface area contributed by atoms with Crippen LogP contribution < -0.4 is 11.0 Å². The summed E-state index contributed by atoms with van der Waals surface area (Å²) in [4.78, 5) is 28.3. The van der Waals surface area contributed by atoms with E-state index in [2.05, 4.69) is 22.1 Å². The van der Waals surface area contributed by atoms with Crippen molar-refractivity contribution in [3.63, 3.8) is 0 Å². The van der Waals surface area contributed by atoms with Crippen LogP contribution in [0.1, 0.15) is 58.2 Å². The van der Waals surface area contributed by atoms with Gasteiger partial charge in [0.05, 0.1) is 18.3 Å². The molecule has 1 aliphatic rings. The van der Waals surface area contributed by atoms with Crippen LogP contribution in [0, 0.1) is 11.8 Å². The molecule has 0 saturated carbocycles. The molecular weight excluding hydrogens is 366 g/mol. The predicted molar refractivity (Wildman–Crippen MR) is 102 cm³/mol. The van der Waals surface area contributed by atoms with Gasteiger partial charge in [-0.3, -0.25) is 9.88 Å². The standard InChI is InChI=1S/C19H27N3O6/c1-4-6-8-10-27-19(26)21-16-13(9-7-5-2)11-22(18(25)20-16)17-15(24)14(23)12(3)28-17/h11-12,14-15,17,23-24H,4-6,8,10H2,1-3H3,(H,20,21,25,26)/t12-,14?,15?,17-/m1/s1. The molecule has 0 bridgehead atoms. The van der Waals surface area contributed by atoms with E-state index in [0.29, 0.717) is 6.42 Å². The first kappa shape index (κ1) is 21.9. The minimum Gasteiger partial charge on any atom is -0.449 e. The molecule has 154 valence electrons. The number of carbonyl (C=O) groups is 1. The Labute approximate surface area is 163 Å². The maximum atomic E-state index is 12.4. The van der Waals surface area contributed by atoms with Crippen molar-refractivity contribution >= 4 is 11.9 Å². The van der Waals surface area contributed by atoms with E-state index in [1.807, 2.05) is 13.8 Å². The summed E-state index contributed by atoms with van der Waals surface area (Å²) in [5.74, 6) is 5.66. The van der Waals surface area contributed by atoms with Gasteiger partial charge in [-0.05, 0) is 13.3 Å². The molecule has 0 radical (unpaired) electrons. The van der Waals surface area contributed by atoms with Gasteiger partial charge in [-0.2, -0.15) is 4.98 Å². The number of aromatic nitrogens is 2. The Morgan fingerprint density at radius 3 is 2.71 bits per heavy atom. The van der Waals surface area contributed by atoms with Crippen LogP contribution in [0.4, 0.5) is 10.6 Å². The van der Waals surface area contributed by atoms with E-state index in [0.717, 1.165) is 23.8 Å². The lowest BCUT2D eigenvalue weighted by Crippen LogP contribution is -2.36. The second-order valence-corrected chi connectivity index (χ2v) is 6.53. The number of carbonyl (C=O) groups excluding carboxylic acids is 1. The molecule has 1 aromatic heterocycles. The van der Waals surface area contributed by atoms with Gasteiger partial charge < -0.3 is 19.7 Å². The van der Waals surface area contributed by atoms with Gasteiger partial charge in [0.2, 0.25) is 0 Å². The number of aliphatic hydroxyl groups is 2. The van der Waals surface area contributed by atoms with Crippen LogP contribution >= 0.6 is 0 Å². The van der Waals surface area contributed by atoms with Crippen LogP contribution in [0.2, 0.25) is 0 Å². The third kappa shape index (κ3) is 5.32. The van der Waals surface area contributed by atoms with E-state index in [4.69, 9.17) is 9.47 Å². The Hall–Kier alpha value is -2.41. The minimum absolute atomic E-state index is 0.0243. The van der Waals surface area contributed by atoms with Crippen LogP contribution in [-0.2, 0) is 9.47 Å². The summed E-state index contributed by atoms with van der Waals surface area (Å²) in [6, 6.07) is 0. The molecule has 1 amide bonds. The quantitative estimate of drug-likeness (QED) is 0.493. The fraction of sp³-hybridized carbons (Fsp3) is 0.632. The molecule has 4 atom stereocenters. The number of nitrogens with zero attached hydrogens (tertiary/aromatic N) is 2. The molecule has 0 aliphatic carbocycles. The van der Waals surface area contributed by atoms with E-state index in [1.165, 1.54) is 6.20 Å². The smallest absolute Gasteiger partial charge is 0.412 e. The van der Waals surface area contributed by atoms with Crippen molar-refractivity contribution in [1.29, 1.82) is 0 Å². The summed E-state index contributed by atoms with van der Waals surface area (Å²) in [5.41, 5.74) is -0.481. The topological polar surface area (TPSA) is 123 Å². The Bertz CT molecular complexity index is 797. The van der Waals surface area contributed by atoms with Crippen LogP contribution in [0.25, 0.3) is 0 Å². The van der Waals surface area contributed by atoms with Crippen molar-refractivity contribution in [2.24, 2.45) is 0 Å². The molecule has 2 rings (SSSR count). The van der Waals surface area contributed by atoms with Crippen molar-refractivity contribution in [3.05, 3.63) is 22.2 Å². The fourth-order valence-corrected chi connectivity index (χ4v) is 2.73. The van der Waals surface area contributed by atoms with Crippen molar-refractivity contribution in [2.45, 2.75) is 71.0 Å². The molecule has 0 spiro atoms. The molecule has 9 heteroatoms. The highest BCUT2D eigenvalue weighted by molar-refractivity contribution is 5.84. The summed E-state index contributed by atoms with van der Waals surface area (Å²) in [7, 11) is 0. The number of nitrogens with one attached hydrogen (secondary N) is 1. The molecule has 0 aromatic carbocycles. The number of ether oxygens (including phenoxy) is 2. The number of unbranched alkanes of at least 4 members (excludes halogenated alkanes) is 2.